The van der Waals surface area contributed by atoms with E-state index < -0.39 is 10.0 Å². The molecule has 0 aliphatic heterocycles. The maximum absolute atomic E-state index is 11.1. The fraction of sp³-hybridized carbons (Fsp3) is 0.333. The van der Waals surface area contributed by atoms with Gasteiger partial charge in [-0.2, -0.15) is 0 Å². The molecule has 0 bridgehead atoms. The second-order valence-electron chi connectivity index (χ2n) is 2.90. The molecule has 0 aromatic heterocycles. The molecule has 3 nitrogen and oxygen atoms in total. The molecule has 0 unspecified atom stereocenters. The molecule has 0 aliphatic carbocycles. The molecular weight excluding hydrogens is 186 g/mol. The van der Waals surface area contributed by atoms with Crippen LogP contribution in [0.4, 0.5) is 0 Å². The highest BCUT2D eigenvalue weighted by Crippen LogP contribution is 2.14. The van der Waals surface area contributed by atoms with Gasteiger partial charge in [0, 0.05) is 0 Å². The summed E-state index contributed by atoms with van der Waals surface area (Å²) >= 11 is 0. The van der Waals surface area contributed by atoms with Crippen LogP contribution in [-0.2, 0) is 16.4 Å². The molecule has 0 heterocycles. The number of aryl methyl sites for hydroxylation is 1. The van der Waals surface area contributed by atoms with Crippen LogP contribution in [0.3, 0.4) is 0 Å². The Kier molecular flexibility index (Phi) is 3.06. The highest BCUT2D eigenvalue weighted by Gasteiger charge is 2.11. The summed E-state index contributed by atoms with van der Waals surface area (Å²) < 4.78 is 22.2. The Labute approximate surface area is 78.6 Å². The predicted octanol–water partition coefficient (Wildman–Crippen LogP) is 1.29. The highest BCUT2D eigenvalue weighted by atomic mass is 32.2. The molecule has 13 heavy (non-hydrogen) atoms. The predicted molar refractivity (Wildman–Crippen MR) is 51.8 cm³/mol. The van der Waals surface area contributed by atoms with Crippen molar-refractivity contribution in [3.05, 3.63) is 29.8 Å². The Hall–Kier alpha value is -0.870. The number of benzene rings is 1. The summed E-state index contributed by atoms with van der Waals surface area (Å²) in [5.41, 5.74) is 0.799. The molecule has 0 spiro atoms. The molecule has 0 saturated carbocycles. The Balaban J connectivity index is 3.20. The van der Waals surface area contributed by atoms with Gasteiger partial charge in [0.1, 0.15) is 0 Å². The van der Waals surface area contributed by atoms with E-state index in [-0.39, 0.29) is 4.90 Å². The first kappa shape index (κ1) is 10.2. The molecule has 0 aliphatic rings. The number of primary sulfonamides is 1. The minimum Gasteiger partial charge on any atom is -0.225 e. The van der Waals surface area contributed by atoms with Crippen LogP contribution >= 0.6 is 0 Å². The van der Waals surface area contributed by atoms with Crippen molar-refractivity contribution in [1.82, 2.24) is 0 Å². The van der Waals surface area contributed by atoms with Crippen molar-refractivity contribution >= 4 is 10.0 Å². The van der Waals surface area contributed by atoms with Crippen molar-refractivity contribution in [3.8, 4) is 0 Å². The van der Waals surface area contributed by atoms with Crippen LogP contribution in [0.25, 0.3) is 0 Å². The lowest BCUT2D eigenvalue weighted by molar-refractivity contribution is 0.596. The standard InChI is InChI=1S/C9H13NO2S/c1-2-5-8-6-3-4-7-9(8)13(10,11)12/h3-4,6-7H,2,5H2,1H3,(H2,10,11,12). The number of nitrogens with two attached hydrogens (primary N) is 1. The Morgan fingerprint density at radius 3 is 2.46 bits per heavy atom. The van der Waals surface area contributed by atoms with E-state index in [0.29, 0.717) is 0 Å². The van der Waals surface area contributed by atoms with Gasteiger partial charge in [-0.25, -0.2) is 13.6 Å². The minimum atomic E-state index is -3.56. The van der Waals surface area contributed by atoms with E-state index in [2.05, 4.69) is 0 Å². The van der Waals surface area contributed by atoms with Crippen molar-refractivity contribution in [1.29, 1.82) is 0 Å². The van der Waals surface area contributed by atoms with E-state index in [1.54, 1.807) is 18.2 Å². The number of sulfonamides is 1. The van der Waals surface area contributed by atoms with Crippen LogP contribution in [-0.4, -0.2) is 8.42 Å². The van der Waals surface area contributed by atoms with Crippen LogP contribution in [0.2, 0.25) is 0 Å². The van der Waals surface area contributed by atoms with Crippen LogP contribution in [0.5, 0.6) is 0 Å². The molecule has 1 aromatic rings. The quantitative estimate of drug-likeness (QED) is 0.797. The first-order valence-electron chi connectivity index (χ1n) is 4.16. The molecule has 1 rings (SSSR count). The smallest absolute Gasteiger partial charge is 0.225 e. The third-order valence-electron chi connectivity index (χ3n) is 1.80. The maximum atomic E-state index is 11.1. The third kappa shape index (κ3) is 2.54. The van der Waals surface area contributed by atoms with Crippen molar-refractivity contribution < 1.29 is 8.42 Å². The first-order valence-corrected chi connectivity index (χ1v) is 5.71. The van der Waals surface area contributed by atoms with Crippen molar-refractivity contribution in [3.63, 3.8) is 0 Å². The largest absolute Gasteiger partial charge is 0.238 e. The molecule has 0 amide bonds. The summed E-state index contributed by atoms with van der Waals surface area (Å²) in [5.74, 6) is 0. The molecule has 2 N–H and O–H groups in total. The molecule has 72 valence electrons. The SMILES string of the molecule is CCCc1ccccc1S(N)(=O)=O. The first-order chi connectivity index (χ1) is 6.05. The lowest BCUT2D eigenvalue weighted by Gasteiger charge is -2.04. The van der Waals surface area contributed by atoms with Crippen molar-refractivity contribution in [2.75, 3.05) is 0 Å². The van der Waals surface area contributed by atoms with E-state index in [1.165, 1.54) is 0 Å². The zero-order valence-electron chi connectivity index (χ0n) is 7.53. The summed E-state index contributed by atoms with van der Waals surface area (Å²) in [4.78, 5) is 0.247. The summed E-state index contributed by atoms with van der Waals surface area (Å²) in [7, 11) is -3.56. The van der Waals surface area contributed by atoms with Gasteiger partial charge in [0.05, 0.1) is 4.90 Å². The van der Waals surface area contributed by atoms with Gasteiger partial charge < -0.3 is 0 Å². The van der Waals surface area contributed by atoms with E-state index in [0.717, 1.165) is 18.4 Å². The lowest BCUT2D eigenvalue weighted by Crippen LogP contribution is -2.14. The second-order valence-corrected chi connectivity index (χ2v) is 4.43. The summed E-state index contributed by atoms with van der Waals surface area (Å²) in [5, 5.41) is 5.06. The molecule has 0 atom stereocenters. The fourth-order valence-corrected chi connectivity index (χ4v) is 2.06. The fourth-order valence-electron chi connectivity index (χ4n) is 1.26. The van der Waals surface area contributed by atoms with Gasteiger partial charge in [0.25, 0.3) is 0 Å². The lowest BCUT2D eigenvalue weighted by atomic mass is 10.1. The zero-order chi connectivity index (χ0) is 9.90. The van der Waals surface area contributed by atoms with Gasteiger partial charge in [-0.1, -0.05) is 31.5 Å². The summed E-state index contributed by atoms with van der Waals surface area (Å²) in [6.45, 7) is 2.00. The van der Waals surface area contributed by atoms with Crippen LogP contribution in [0.15, 0.2) is 29.2 Å². The number of rotatable bonds is 3. The van der Waals surface area contributed by atoms with E-state index in [4.69, 9.17) is 5.14 Å². The average Bonchev–Trinajstić information content (AvgIpc) is 2.04. The van der Waals surface area contributed by atoms with Gasteiger partial charge in [-0.05, 0) is 18.1 Å². The maximum Gasteiger partial charge on any atom is 0.238 e. The molecule has 0 saturated heterocycles. The Bertz CT molecular complexity index is 384. The van der Waals surface area contributed by atoms with E-state index >= 15 is 0 Å². The Morgan fingerprint density at radius 1 is 1.31 bits per heavy atom. The van der Waals surface area contributed by atoms with E-state index in [1.807, 2.05) is 13.0 Å². The summed E-state index contributed by atoms with van der Waals surface area (Å²) in [6.07, 6.45) is 1.65. The third-order valence-corrected chi connectivity index (χ3v) is 2.81. The molecule has 0 radical (unpaired) electrons. The van der Waals surface area contributed by atoms with Crippen LogP contribution in [0, 0.1) is 0 Å². The monoisotopic (exact) mass is 199 g/mol. The van der Waals surface area contributed by atoms with Gasteiger partial charge >= 0.3 is 0 Å². The average molecular weight is 199 g/mol. The van der Waals surface area contributed by atoms with Gasteiger partial charge in [0.15, 0.2) is 0 Å². The minimum absolute atomic E-state index is 0.247. The summed E-state index contributed by atoms with van der Waals surface area (Å²) in [6, 6.07) is 6.84. The van der Waals surface area contributed by atoms with Gasteiger partial charge in [-0.3, -0.25) is 0 Å². The second kappa shape index (κ2) is 3.89. The van der Waals surface area contributed by atoms with Crippen molar-refractivity contribution in [2.24, 2.45) is 5.14 Å². The van der Waals surface area contributed by atoms with Crippen LogP contribution < -0.4 is 5.14 Å². The van der Waals surface area contributed by atoms with Crippen molar-refractivity contribution in [2.45, 2.75) is 24.7 Å². The Morgan fingerprint density at radius 2 is 1.92 bits per heavy atom. The molecule has 4 heteroatoms. The number of hydrogen-bond donors (Lipinski definition) is 1. The zero-order valence-corrected chi connectivity index (χ0v) is 8.34. The topological polar surface area (TPSA) is 60.2 Å². The number of hydrogen-bond acceptors (Lipinski definition) is 2. The molecular formula is C9H13NO2S. The molecule has 1 aromatic carbocycles. The highest BCUT2D eigenvalue weighted by molar-refractivity contribution is 7.89. The van der Waals surface area contributed by atoms with Gasteiger partial charge in [-0.15, -0.1) is 0 Å². The van der Waals surface area contributed by atoms with Gasteiger partial charge in [0.2, 0.25) is 10.0 Å². The normalized spacial score (nSPS) is 11.5. The van der Waals surface area contributed by atoms with E-state index in [9.17, 15) is 8.42 Å². The van der Waals surface area contributed by atoms with Crippen LogP contribution in [0.1, 0.15) is 18.9 Å². The molecule has 0 fully saturated rings.